The Kier molecular flexibility index (Phi) is 6.57. The molecule has 1 saturated heterocycles. The second kappa shape index (κ2) is 9.75. The number of rotatable bonds is 5. The fourth-order valence-corrected chi connectivity index (χ4v) is 5.35. The molecule has 3 N–H and O–H groups in total. The number of nitrogens with one attached hydrogen (secondary N) is 1. The van der Waals surface area contributed by atoms with Crippen LogP contribution in [0.2, 0.25) is 0 Å². The van der Waals surface area contributed by atoms with Crippen molar-refractivity contribution in [3.8, 4) is 11.5 Å². The molecule has 2 atom stereocenters. The van der Waals surface area contributed by atoms with Crippen molar-refractivity contribution in [3.63, 3.8) is 0 Å². The summed E-state index contributed by atoms with van der Waals surface area (Å²) in [7, 11) is 1.90. The number of piperidine rings is 1. The fraction of sp³-hybridized carbons (Fsp3) is 0.333. The van der Waals surface area contributed by atoms with Gasteiger partial charge in [0.1, 0.15) is 0 Å². The molecular formula is C27H27F3N6O3. The molecule has 1 aliphatic rings. The Labute approximate surface area is 221 Å². The molecule has 39 heavy (non-hydrogen) atoms. The highest BCUT2D eigenvalue weighted by atomic mass is 19.4. The Bertz CT molecular complexity index is 1610. The van der Waals surface area contributed by atoms with Gasteiger partial charge in [0.05, 0.1) is 28.7 Å². The van der Waals surface area contributed by atoms with Crippen LogP contribution in [0, 0.1) is 5.92 Å². The van der Waals surface area contributed by atoms with Gasteiger partial charge in [0.2, 0.25) is 5.91 Å². The zero-order valence-electron chi connectivity index (χ0n) is 21.3. The van der Waals surface area contributed by atoms with Crippen LogP contribution >= 0.6 is 0 Å². The molecule has 0 saturated carbocycles. The zero-order chi connectivity index (χ0) is 28.1. The quantitative estimate of drug-likeness (QED) is 0.405. The number of para-hydroxylation sites is 1. The van der Waals surface area contributed by atoms with E-state index in [1.807, 2.05) is 41.2 Å². The van der Waals surface area contributed by atoms with Crippen LogP contribution in [0.25, 0.3) is 33.5 Å². The molecular weight excluding hydrogens is 513 g/mol. The highest BCUT2D eigenvalue weighted by Gasteiger charge is 2.43. The topological polar surface area (TPSA) is 115 Å². The van der Waals surface area contributed by atoms with Crippen LogP contribution in [-0.4, -0.2) is 62.0 Å². The number of fused-ring (bicyclic) bond motifs is 2. The maximum Gasteiger partial charge on any atom is 0.471 e. The number of likely N-dealkylation sites (tertiary alicyclic amines) is 1. The average molecular weight is 541 g/mol. The number of nitrogens with two attached hydrogens (primary N) is 1. The van der Waals surface area contributed by atoms with E-state index >= 15 is 0 Å². The third kappa shape index (κ3) is 4.70. The second-order valence-electron chi connectivity index (χ2n) is 9.66. The number of imidazole rings is 1. The molecule has 1 aliphatic heterocycles. The summed E-state index contributed by atoms with van der Waals surface area (Å²) in [5.41, 5.74) is 9.06. The molecule has 204 valence electrons. The number of aryl methyl sites for hydroxylation is 2. The van der Waals surface area contributed by atoms with E-state index in [0.717, 1.165) is 34.5 Å². The third-order valence-electron chi connectivity index (χ3n) is 7.32. The number of hydrogen-bond donors (Lipinski definition) is 2. The Morgan fingerprint density at radius 3 is 2.54 bits per heavy atom. The number of benzene rings is 2. The summed E-state index contributed by atoms with van der Waals surface area (Å²) >= 11 is 0. The van der Waals surface area contributed by atoms with E-state index in [4.69, 9.17) is 10.7 Å². The van der Waals surface area contributed by atoms with E-state index in [1.54, 1.807) is 18.2 Å². The molecule has 1 fully saturated rings. The van der Waals surface area contributed by atoms with Crippen LogP contribution < -0.4 is 11.1 Å². The Balaban J connectivity index is 1.44. The van der Waals surface area contributed by atoms with E-state index in [0.29, 0.717) is 11.1 Å². The molecule has 0 unspecified atom stereocenters. The van der Waals surface area contributed by atoms with Crippen LogP contribution in [0.15, 0.2) is 48.5 Å². The van der Waals surface area contributed by atoms with Crippen LogP contribution in [0.4, 0.5) is 13.2 Å². The molecule has 2 aromatic heterocycles. The SMILES string of the molecule is CCn1c(-c2nc3cc(C(=O)N4CC[C@H](C(N)=O)[C@H](NC(=O)C(F)(F)F)C4)ccc3n2C)cc2ccccc21. The maximum absolute atomic E-state index is 13.4. The van der Waals surface area contributed by atoms with E-state index in [1.165, 1.54) is 4.90 Å². The number of carbonyl (C=O) groups is 3. The fourth-order valence-electron chi connectivity index (χ4n) is 5.35. The Morgan fingerprint density at radius 2 is 1.85 bits per heavy atom. The number of halogens is 3. The van der Waals surface area contributed by atoms with Gasteiger partial charge in [-0.15, -0.1) is 0 Å². The summed E-state index contributed by atoms with van der Waals surface area (Å²) in [4.78, 5) is 42.9. The van der Waals surface area contributed by atoms with Crippen LogP contribution in [-0.2, 0) is 23.2 Å². The van der Waals surface area contributed by atoms with E-state index < -0.39 is 35.9 Å². The molecule has 9 nitrogen and oxygen atoms in total. The lowest BCUT2D eigenvalue weighted by Gasteiger charge is -2.37. The Hall–Kier alpha value is -4.35. The van der Waals surface area contributed by atoms with Gasteiger partial charge in [0, 0.05) is 43.1 Å². The predicted molar refractivity (Wildman–Crippen MR) is 139 cm³/mol. The first-order valence-corrected chi connectivity index (χ1v) is 12.5. The van der Waals surface area contributed by atoms with Gasteiger partial charge in [-0.1, -0.05) is 18.2 Å². The minimum atomic E-state index is -5.13. The molecule has 12 heteroatoms. The summed E-state index contributed by atoms with van der Waals surface area (Å²) in [5.74, 6) is -3.75. The lowest BCUT2D eigenvalue weighted by Crippen LogP contribution is -2.58. The number of carbonyl (C=O) groups excluding carboxylic acids is 3. The van der Waals surface area contributed by atoms with Crippen molar-refractivity contribution in [1.29, 1.82) is 0 Å². The molecule has 4 aromatic rings. The van der Waals surface area contributed by atoms with Crippen molar-refractivity contribution in [2.24, 2.45) is 18.7 Å². The summed E-state index contributed by atoms with van der Waals surface area (Å²) in [5, 5.41) is 2.92. The number of primary amides is 1. The van der Waals surface area contributed by atoms with Gasteiger partial charge >= 0.3 is 12.1 Å². The van der Waals surface area contributed by atoms with Crippen LogP contribution in [0.3, 0.4) is 0 Å². The minimum absolute atomic E-state index is 0.0292. The average Bonchev–Trinajstić information content (AvgIpc) is 3.44. The van der Waals surface area contributed by atoms with Gasteiger partial charge in [0.15, 0.2) is 5.82 Å². The van der Waals surface area contributed by atoms with E-state index in [2.05, 4.69) is 17.6 Å². The zero-order valence-corrected chi connectivity index (χ0v) is 21.3. The highest BCUT2D eigenvalue weighted by Crippen LogP contribution is 2.31. The molecule has 3 heterocycles. The van der Waals surface area contributed by atoms with Crippen molar-refractivity contribution in [1.82, 2.24) is 24.3 Å². The van der Waals surface area contributed by atoms with E-state index in [9.17, 15) is 27.6 Å². The van der Waals surface area contributed by atoms with Gasteiger partial charge in [0.25, 0.3) is 5.91 Å². The van der Waals surface area contributed by atoms with Crippen molar-refractivity contribution < 1.29 is 27.6 Å². The first kappa shape index (κ1) is 26.3. The first-order chi connectivity index (χ1) is 18.5. The largest absolute Gasteiger partial charge is 0.471 e. The molecule has 0 spiro atoms. The van der Waals surface area contributed by atoms with Gasteiger partial charge in [-0.3, -0.25) is 14.4 Å². The standard InChI is InChI=1S/C27H27F3N6O3/c1-3-36-20-7-5-4-6-15(20)13-22(36)24-32-18-12-16(8-9-21(18)34(24)2)25(38)35-11-10-17(23(31)37)19(14-35)33-26(39)27(28,29)30/h4-9,12-13,17,19H,3,10-11,14H2,1-2H3,(H2,31,37)(H,33,39)/t17-,19+/m0/s1. The number of aromatic nitrogens is 3. The van der Waals surface area contributed by atoms with Crippen molar-refractivity contribution in [2.45, 2.75) is 32.1 Å². The monoisotopic (exact) mass is 540 g/mol. The molecule has 0 bridgehead atoms. The van der Waals surface area contributed by atoms with Gasteiger partial charge in [-0.25, -0.2) is 4.98 Å². The molecule has 2 aromatic carbocycles. The Morgan fingerprint density at radius 1 is 1.10 bits per heavy atom. The van der Waals surface area contributed by atoms with Crippen molar-refractivity contribution >= 4 is 39.7 Å². The van der Waals surface area contributed by atoms with Gasteiger partial charge in [-0.2, -0.15) is 13.2 Å². The normalized spacial score (nSPS) is 18.0. The minimum Gasteiger partial charge on any atom is -0.369 e. The van der Waals surface area contributed by atoms with Crippen molar-refractivity contribution in [3.05, 3.63) is 54.1 Å². The van der Waals surface area contributed by atoms with Crippen LogP contribution in [0.1, 0.15) is 23.7 Å². The van der Waals surface area contributed by atoms with Crippen molar-refractivity contribution in [2.75, 3.05) is 13.1 Å². The lowest BCUT2D eigenvalue weighted by molar-refractivity contribution is -0.175. The molecule has 5 rings (SSSR count). The summed E-state index contributed by atoms with van der Waals surface area (Å²) in [6.07, 6.45) is -5.10. The first-order valence-electron chi connectivity index (χ1n) is 12.5. The third-order valence-corrected chi connectivity index (χ3v) is 7.32. The number of alkyl halides is 3. The highest BCUT2D eigenvalue weighted by molar-refractivity contribution is 5.98. The van der Waals surface area contributed by atoms with Crippen LogP contribution in [0.5, 0.6) is 0 Å². The maximum atomic E-state index is 13.4. The van der Waals surface area contributed by atoms with Gasteiger partial charge in [-0.05, 0) is 43.7 Å². The predicted octanol–water partition coefficient (Wildman–Crippen LogP) is 3.21. The number of nitrogens with zero attached hydrogens (tertiary/aromatic N) is 4. The number of amides is 3. The summed E-state index contributed by atoms with van der Waals surface area (Å²) < 4.78 is 42.7. The number of hydrogen-bond acceptors (Lipinski definition) is 4. The summed E-state index contributed by atoms with van der Waals surface area (Å²) in [6, 6.07) is 13.9. The lowest BCUT2D eigenvalue weighted by atomic mass is 9.90. The smallest absolute Gasteiger partial charge is 0.369 e. The van der Waals surface area contributed by atoms with Gasteiger partial charge < -0.3 is 25.1 Å². The molecule has 0 radical (unpaired) electrons. The van der Waals surface area contributed by atoms with E-state index in [-0.39, 0.29) is 19.5 Å². The molecule has 3 amide bonds. The molecule has 0 aliphatic carbocycles. The second-order valence-corrected chi connectivity index (χ2v) is 9.66. The summed E-state index contributed by atoms with van der Waals surface area (Å²) in [6.45, 7) is 2.62.